The second kappa shape index (κ2) is 7.62. The summed E-state index contributed by atoms with van der Waals surface area (Å²) in [6.45, 7) is 0. The molecule has 9 nitrogen and oxygen atoms in total. The molecule has 0 aliphatic heterocycles. The van der Waals surface area contributed by atoms with Gasteiger partial charge in [0.25, 0.3) is 5.69 Å². The quantitative estimate of drug-likeness (QED) is 0.361. The first-order valence-electron chi connectivity index (χ1n) is 5.90. The lowest BCUT2D eigenvalue weighted by Gasteiger charge is -2.10. The van der Waals surface area contributed by atoms with Crippen LogP contribution in [0.5, 0.6) is 5.75 Å². The van der Waals surface area contributed by atoms with Gasteiger partial charge in [-0.2, -0.15) is 0 Å². The van der Waals surface area contributed by atoms with Crippen molar-refractivity contribution < 1.29 is 28.7 Å². The molecule has 0 saturated heterocycles. The molecule has 0 amide bonds. The van der Waals surface area contributed by atoms with Crippen molar-refractivity contribution in [3.05, 3.63) is 40.1 Å². The van der Waals surface area contributed by atoms with Gasteiger partial charge in [0.1, 0.15) is 17.1 Å². The summed E-state index contributed by atoms with van der Waals surface area (Å²) in [6.07, 6.45) is 0.828. The van der Waals surface area contributed by atoms with E-state index in [1.165, 1.54) is 25.3 Å². The molecule has 0 radical (unpaired) electrons. The number of hydrogen-bond donors (Lipinski definition) is 1. The molecule has 22 heavy (non-hydrogen) atoms. The normalized spacial score (nSPS) is 10.6. The zero-order valence-electron chi connectivity index (χ0n) is 12.1. The Morgan fingerprint density at radius 1 is 1.23 bits per heavy atom. The van der Waals surface area contributed by atoms with Gasteiger partial charge in [-0.05, 0) is 6.07 Å². The molecule has 1 aromatic rings. The molecule has 1 aromatic carbocycles. The Labute approximate surface area is 125 Å². The Morgan fingerprint density at radius 2 is 1.91 bits per heavy atom. The SMILES string of the molecule is COC(=O)/C=C(/Nc1cc(OC)ccc1[N+](=O)[O-])C(=O)OC. The van der Waals surface area contributed by atoms with Crippen LogP contribution in [0.4, 0.5) is 11.4 Å². The van der Waals surface area contributed by atoms with Gasteiger partial charge in [-0.15, -0.1) is 0 Å². The molecular formula is C13H14N2O7. The molecule has 0 aliphatic carbocycles. The van der Waals surface area contributed by atoms with Crippen molar-refractivity contribution in [2.45, 2.75) is 0 Å². The van der Waals surface area contributed by atoms with Gasteiger partial charge in [0.2, 0.25) is 0 Å². The van der Waals surface area contributed by atoms with Crippen molar-refractivity contribution in [3.8, 4) is 5.75 Å². The summed E-state index contributed by atoms with van der Waals surface area (Å²) in [5, 5.41) is 13.5. The highest BCUT2D eigenvalue weighted by Gasteiger charge is 2.20. The number of carbonyl (C=O) groups is 2. The third-order valence-electron chi connectivity index (χ3n) is 2.54. The highest BCUT2D eigenvalue weighted by Crippen LogP contribution is 2.30. The molecule has 1 rings (SSSR count). The van der Waals surface area contributed by atoms with E-state index in [9.17, 15) is 19.7 Å². The largest absolute Gasteiger partial charge is 0.497 e. The molecule has 0 unspecified atom stereocenters. The Balaban J connectivity index is 3.27. The van der Waals surface area contributed by atoms with E-state index in [4.69, 9.17) is 4.74 Å². The van der Waals surface area contributed by atoms with E-state index in [1.54, 1.807) is 0 Å². The minimum absolute atomic E-state index is 0.0371. The maximum Gasteiger partial charge on any atom is 0.354 e. The number of methoxy groups -OCH3 is 3. The zero-order valence-corrected chi connectivity index (χ0v) is 12.1. The monoisotopic (exact) mass is 310 g/mol. The van der Waals surface area contributed by atoms with Gasteiger partial charge in [-0.3, -0.25) is 10.1 Å². The van der Waals surface area contributed by atoms with Crippen molar-refractivity contribution in [3.63, 3.8) is 0 Å². The number of carbonyl (C=O) groups excluding carboxylic acids is 2. The average molecular weight is 310 g/mol. The van der Waals surface area contributed by atoms with Crippen molar-refractivity contribution in [1.82, 2.24) is 0 Å². The molecule has 118 valence electrons. The number of nitrogens with one attached hydrogen (secondary N) is 1. The Kier molecular flexibility index (Phi) is 5.87. The molecule has 0 saturated carbocycles. The van der Waals surface area contributed by atoms with Gasteiger partial charge in [-0.1, -0.05) is 0 Å². The molecular weight excluding hydrogens is 296 g/mol. The number of nitro groups is 1. The van der Waals surface area contributed by atoms with Gasteiger partial charge >= 0.3 is 11.9 Å². The standard InChI is InChI=1S/C13H14N2O7/c1-20-8-4-5-11(15(18)19)9(6-8)14-10(13(17)22-3)7-12(16)21-2/h4-7,14H,1-3H3/b10-7+. The molecule has 1 N–H and O–H groups in total. The number of nitrogens with zero attached hydrogens (tertiary/aromatic N) is 1. The lowest BCUT2D eigenvalue weighted by Crippen LogP contribution is -2.16. The highest BCUT2D eigenvalue weighted by molar-refractivity contribution is 5.99. The van der Waals surface area contributed by atoms with E-state index in [1.807, 2.05) is 0 Å². The first-order valence-corrected chi connectivity index (χ1v) is 5.90. The van der Waals surface area contributed by atoms with Crippen LogP contribution in [0, 0.1) is 10.1 Å². The van der Waals surface area contributed by atoms with Crippen LogP contribution in [0.3, 0.4) is 0 Å². The number of rotatable bonds is 6. The van der Waals surface area contributed by atoms with E-state index in [-0.39, 0.29) is 17.1 Å². The van der Waals surface area contributed by atoms with E-state index in [0.717, 1.165) is 20.3 Å². The molecule has 0 fully saturated rings. The molecule has 0 aliphatic rings. The molecule has 0 aromatic heterocycles. The second-order valence-corrected chi connectivity index (χ2v) is 3.84. The molecule has 0 bridgehead atoms. The minimum Gasteiger partial charge on any atom is -0.497 e. The fourth-order valence-corrected chi connectivity index (χ4v) is 1.48. The Bertz CT molecular complexity index is 625. The zero-order chi connectivity index (χ0) is 16.7. The number of ether oxygens (including phenoxy) is 3. The van der Waals surface area contributed by atoms with Gasteiger partial charge in [0.05, 0.1) is 32.3 Å². The van der Waals surface area contributed by atoms with E-state index < -0.39 is 16.9 Å². The van der Waals surface area contributed by atoms with Crippen molar-refractivity contribution >= 4 is 23.3 Å². The van der Waals surface area contributed by atoms with E-state index in [2.05, 4.69) is 14.8 Å². The summed E-state index contributed by atoms with van der Waals surface area (Å²) < 4.78 is 13.9. The lowest BCUT2D eigenvalue weighted by atomic mass is 10.2. The van der Waals surface area contributed by atoms with Crippen LogP contribution in [-0.2, 0) is 19.1 Å². The summed E-state index contributed by atoms with van der Waals surface area (Å²) in [4.78, 5) is 33.3. The number of anilines is 1. The average Bonchev–Trinajstić information content (AvgIpc) is 2.52. The predicted molar refractivity (Wildman–Crippen MR) is 75.4 cm³/mol. The van der Waals surface area contributed by atoms with Crippen LogP contribution in [0.2, 0.25) is 0 Å². The van der Waals surface area contributed by atoms with Crippen molar-refractivity contribution in [2.24, 2.45) is 0 Å². The highest BCUT2D eigenvalue weighted by atomic mass is 16.6. The summed E-state index contributed by atoms with van der Waals surface area (Å²) in [7, 11) is 3.62. The smallest absolute Gasteiger partial charge is 0.354 e. The van der Waals surface area contributed by atoms with Crippen LogP contribution >= 0.6 is 0 Å². The Hall–Kier alpha value is -3.10. The summed E-state index contributed by atoms with van der Waals surface area (Å²) in [6, 6.07) is 3.91. The third-order valence-corrected chi connectivity index (χ3v) is 2.54. The van der Waals surface area contributed by atoms with Crippen LogP contribution < -0.4 is 10.1 Å². The molecule has 9 heteroatoms. The van der Waals surface area contributed by atoms with Gasteiger partial charge in [-0.25, -0.2) is 9.59 Å². The lowest BCUT2D eigenvalue weighted by molar-refractivity contribution is -0.383. The summed E-state index contributed by atoms with van der Waals surface area (Å²) in [5.74, 6) is -1.38. The van der Waals surface area contributed by atoms with Crippen LogP contribution in [0.1, 0.15) is 0 Å². The van der Waals surface area contributed by atoms with E-state index >= 15 is 0 Å². The van der Waals surface area contributed by atoms with E-state index in [0.29, 0.717) is 5.75 Å². The van der Waals surface area contributed by atoms with Crippen molar-refractivity contribution in [1.29, 1.82) is 0 Å². The number of benzene rings is 1. The van der Waals surface area contributed by atoms with Crippen molar-refractivity contribution in [2.75, 3.05) is 26.6 Å². The topological polar surface area (TPSA) is 117 Å². The maximum absolute atomic E-state index is 11.6. The molecule has 0 spiro atoms. The first kappa shape index (κ1) is 17.0. The second-order valence-electron chi connectivity index (χ2n) is 3.84. The first-order chi connectivity index (χ1) is 10.4. The van der Waals surface area contributed by atoms with Gasteiger partial charge in [0, 0.05) is 12.1 Å². The number of nitro benzene ring substituents is 1. The number of hydrogen-bond acceptors (Lipinski definition) is 8. The maximum atomic E-state index is 11.6. The third kappa shape index (κ3) is 4.20. The molecule has 0 heterocycles. The van der Waals surface area contributed by atoms with Gasteiger partial charge < -0.3 is 19.5 Å². The summed E-state index contributed by atoms with van der Waals surface area (Å²) >= 11 is 0. The summed E-state index contributed by atoms with van der Waals surface area (Å²) in [5.41, 5.74) is -0.656. The van der Waals surface area contributed by atoms with Crippen LogP contribution in [-0.4, -0.2) is 38.2 Å². The van der Waals surface area contributed by atoms with Crippen LogP contribution in [0.15, 0.2) is 30.0 Å². The van der Waals surface area contributed by atoms with Crippen LogP contribution in [0.25, 0.3) is 0 Å². The fraction of sp³-hybridized carbons (Fsp3) is 0.231. The van der Waals surface area contributed by atoms with Gasteiger partial charge in [0.15, 0.2) is 0 Å². The fourth-order valence-electron chi connectivity index (χ4n) is 1.48. The number of esters is 2. The Morgan fingerprint density at radius 3 is 2.41 bits per heavy atom. The predicted octanol–water partition coefficient (Wildman–Crippen LogP) is 1.25. The minimum atomic E-state index is -0.887. The molecule has 0 atom stereocenters.